The average molecular weight is 471 g/mol. The Morgan fingerprint density at radius 2 is 1.91 bits per heavy atom. The molecule has 2 heterocycles. The minimum Gasteiger partial charge on any atom is -0.444 e. The number of hydrogen-bond donors (Lipinski definition) is 1. The number of hydrogen-bond acceptors (Lipinski definition) is 7. The highest BCUT2D eigenvalue weighted by Crippen LogP contribution is 2.43. The molecule has 33 heavy (non-hydrogen) atoms. The first kappa shape index (κ1) is 27.3. The number of ether oxygens (including phenoxy) is 1. The van der Waals surface area contributed by atoms with E-state index in [1.165, 1.54) is 9.96 Å². The Morgan fingerprint density at radius 3 is 2.39 bits per heavy atom. The number of nitrogens with zero attached hydrogens (tertiary/aromatic N) is 4. The molecule has 3 amide bonds. The second-order valence-electron chi connectivity index (χ2n) is 10.5. The third-order valence-electron chi connectivity index (χ3n) is 6.21. The first-order valence-electron chi connectivity index (χ1n) is 11.8. The van der Waals surface area contributed by atoms with Gasteiger partial charge in [0.2, 0.25) is 5.91 Å². The van der Waals surface area contributed by atoms with E-state index in [1.807, 2.05) is 6.92 Å². The summed E-state index contributed by atoms with van der Waals surface area (Å²) in [6.07, 6.45) is 1.44. The average Bonchev–Trinajstić information content (AvgIpc) is 3.06. The standard InChI is InChI=1S/C23H42N4O6/c1-9-10-13-32-26-15-23(20(26)30)12-11-17(27(23)21(31)33-22(3,4)5)14-25(8)18(16(2)28)19(29)24(6)7/h16-18,28H,9-15H2,1-8H3/t16-,17?,18+,23?/m1/s1. The minimum absolute atomic E-state index is 0.223. The predicted molar refractivity (Wildman–Crippen MR) is 123 cm³/mol. The molecule has 2 unspecified atom stereocenters. The number of aliphatic hydroxyl groups is 1. The van der Waals surface area contributed by atoms with Gasteiger partial charge in [-0.15, -0.1) is 0 Å². The van der Waals surface area contributed by atoms with Crippen molar-refractivity contribution in [3.05, 3.63) is 0 Å². The van der Waals surface area contributed by atoms with Crippen molar-refractivity contribution in [1.82, 2.24) is 19.8 Å². The van der Waals surface area contributed by atoms with Gasteiger partial charge in [0.25, 0.3) is 5.91 Å². The van der Waals surface area contributed by atoms with Crippen LogP contribution in [-0.4, -0.2) is 113 Å². The van der Waals surface area contributed by atoms with Crippen molar-refractivity contribution in [3.63, 3.8) is 0 Å². The van der Waals surface area contributed by atoms with Crippen LogP contribution in [0.15, 0.2) is 0 Å². The number of unbranched alkanes of at least 4 members (excludes halogenated alkanes) is 1. The van der Waals surface area contributed by atoms with Crippen LogP contribution in [0.3, 0.4) is 0 Å². The number of likely N-dealkylation sites (N-methyl/N-ethyl adjacent to an activating group) is 2. The molecule has 2 aliphatic heterocycles. The van der Waals surface area contributed by atoms with E-state index in [-0.39, 0.29) is 17.9 Å². The zero-order valence-corrected chi connectivity index (χ0v) is 21.5. The van der Waals surface area contributed by atoms with Crippen LogP contribution in [-0.2, 0) is 19.2 Å². The van der Waals surface area contributed by atoms with E-state index >= 15 is 0 Å². The van der Waals surface area contributed by atoms with Crippen LogP contribution >= 0.6 is 0 Å². The maximum atomic E-state index is 13.3. The summed E-state index contributed by atoms with van der Waals surface area (Å²) in [5.74, 6) is -0.453. The van der Waals surface area contributed by atoms with E-state index in [1.54, 1.807) is 58.6 Å². The largest absolute Gasteiger partial charge is 0.444 e. The number of amides is 3. The molecule has 0 aromatic heterocycles. The summed E-state index contributed by atoms with van der Waals surface area (Å²) in [6, 6.07) is -1.11. The molecule has 0 bridgehead atoms. The van der Waals surface area contributed by atoms with Crippen molar-refractivity contribution in [1.29, 1.82) is 0 Å². The SMILES string of the molecule is CCCCON1CC2(CCC(CN(C)[C@H](C(=O)N(C)C)[C@@H](C)O)N2C(=O)OC(C)(C)C)C1=O. The maximum absolute atomic E-state index is 13.3. The van der Waals surface area contributed by atoms with Crippen LogP contribution < -0.4 is 0 Å². The molecule has 10 heteroatoms. The van der Waals surface area contributed by atoms with Crippen LogP contribution in [0.4, 0.5) is 4.79 Å². The molecule has 190 valence electrons. The molecular formula is C23H42N4O6. The van der Waals surface area contributed by atoms with Gasteiger partial charge >= 0.3 is 6.09 Å². The number of likely N-dealkylation sites (tertiary alicyclic amines) is 1. The Labute approximate surface area is 197 Å². The van der Waals surface area contributed by atoms with E-state index < -0.39 is 29.4 Å². The Kier molecular flexibility index (Phi) is 8.75. The minimum atomic E-state index is -0.994. The van der Waals surface area contributed by atoms with E-state index in [4.69, 9.17) is 9.57 Å². The summed E-state index contributed by atoms with van der Waals surface area (Å²) in [5, 5.41) is 11.6. The van der Waals surface area contributed by atoms with Gasteiger partial charge in [-0.25, -0.2) is 9.86 Å². The fraction of sp³-hybridized carbons (Fsp3) is 0.870. The normalized spacial score (nSPS) is 24.8. The zero-order chi connectivity index (χ0) is 25.1. The van der Waals surface area contributed by atoms with Gasteiger partial charge in [0, 0.05) is 26.7 Å². The summed E-state index contributed by atoms with van der Waals surface area (Å²) in [5.41, 5.74) is -1.71. The molecule has 0 radical (unpaired) electrons. The van der Waals surface area contributed by atoms with Gasteiger partial charge in [-0.3, -0.25) is 24.2 Å². The molecule has 0 saturated carbocycles. The van der Waals surface area contributed by atoms with E-state index in [0.717, 1.165) is 12.8 Å². The first-order chi connectivity index (χ1) is 15.2. The van der Waals surface area contributed by atoms with E-state index in [0.29, 0.717) is 32.5 Å². The molecule has 2 rings (SSSR count). The second kappa shape index (κ2) is 10.6. The Balaban J connectivity index is 2.24. The lowest BCUT2D eigenvalue weighted by atomic mass is 9.88. The third-order valence-corrected chi connectivity index (χ3v) is 6.21. The van der Waals surface area contributed by atoms with Crippen molar-refractivity contribution < 1.29 is 29.1 Å². The summed E-state index contributed by atoms with van der Waals surface area (Å²) in [6.45, 7) is 10.1. The van der Waals surface area contributed by atoms with Crippen LogP contribution in [0.1, 0.15) is 60.3 Å². The zero-order valence-electron chi connectivity index (χ0n) is 21.5. The predicted octanol–water partition coefficient (Wildman–Crippen LogP) is 1.47. The van der Waals surface area contributed by atoms with Crippen molar-refractivity contribution in [2.45, 2.75) is 89.6 Å². The van der Waals surface area contributed by atoms with Gasteiger partial charge in [-0.2, -0.15) is 0 Å². The maximum Gasteiger partial charge on any atom is 0.411 e. The third kappa shape index (κ3) is 5.96. The van der Waals surface area contributed by atoms with E-state index in [9.17, 15) is 19.5 Å². The quantitative estimate of drug-likeness (QED) is 0.402. The highest BCUT2D eigenvalue weighted by molar-refractivity contribution is 5.95. The van der Waals surface area contributed by atoms with Crippen LogP contribution in [0.2, 0.25) is 0 Å². The molecule has 2 aliphatic rings. The number of β-lactam (4-membered cyclic amide) rings is 1. The Bertz CT molecular complexity index is 722. The lowest BCUT2D eigenvalue weighted by Crippen LogP contribution is -2.74. The van der Waals surface area contributed by atoms with Gasteiger partial charge in [-0.05, 0) is 54.0 Å². The van der Waals surface area contributed by atoms with Crippen LogP contribution in [0.5, 0.6) is 0 Å². The topological polar surface area (TPSA) is 103 Å². The second-order valence-corrected chi connectivity index (χ2v) is 10.5. The highest BCUT2D eigenvalue weighted by Gasteiger charge is 2.64. The molecule has 2 saturated heterocycles. The molecule has 0 aromatic rings. The highest BCUT2D eigenvalue weighted by atomic mass is 16.7. The number of hydroxylamine groups is 2. The number of rotatable bonds is 9. The molecule has 0 aromatic carbocycles. The fourth-order valence-electron chi connectivity index (χ4n) is 4.59. The van der Waals surface area contributed by atoms with Gasteiger partial charge in [0.1, 0.15) is 17.2 Å². The molecule has 1 N–H and O–H groups in total. The molecular weight excluding hydrogens is 428 g/mol. The number of carbonyl (C=O) groups is 3. The summed E-state index contributed by atoms with van der Waals surface area (Å²) in [7, 11) is 5.03. The lowest BCUT2D eigenvalue weighted by Gasteiger charge is -2.51. The Hall–Kier alpha value is -1.91. The first-order valence-corrected chi connectivity index (χ1v) is 11.8. The fourth-order valence-corrected chi connectivity index (χ4v) is 4.59. The molecule has 2 fully saturated rings. The monoisotopic (exact) mass is 470 g/mol. The molecule has 0 aliphatic carbocycles. The Morgan fingerprint density at radius 1 is 1.27 bits per heavy atom. The molecule has 1 spiro atoms. The number of carbonyl (C=O) groups excluding carboxylic acids is 3. The van der Waals surface area contributed by atoms with Gasteiger partial charge < -0.3 is 14.7 Å². The van der Waals surface area contributed by atoms with Crippen LogP contribution in [0, 0.1) is 0 Å². The molecule has 10 nitrogen and oxygen atoms in total. The van der Waals surface area contributed by atoms with E-state index in [2.05, 4.69) is 0 Å². The van der Waals surface area contributed by atoms with Gasteiger partial charge in [0.05, 0.1) is 19.3 Å². The van der Waals surface area contributed by atoms with Crippen molar-refractivity contribution in [3.8, 4) is 0 Å². The molecule has 4 atom stereocenters. The van der Waals surface area contributed by atoms with Gasteiger partial charge in [-0.1, -0.05) is 13.3 Å². The summed E-state index contributed by atoms with van der Waals surface area (Å²) in [4.78, 5) is 49.4. The van der Waals surface area contributed by atoms with Gasteiger partial charge in [0.15, 0.2) is 0 Å². The van der Waals surface area contributed by atoms with Crippen LogP contribution in [0.25, 0.3) is 0 Å². The lowest BCUT2D eigenvalue weighted by molar-refractivity contribution is -0.237. The van der Waals surface area contributed by atoms with Crippen molar-refractivity contribution in [2.75, 3.05) is 40.8 Å². The van der Waals surface area contributed by atoms with Crippen molar-refractivity contribution in [2.24, 2.45) is 0 Å². The van der Waals surface area contributed by atoms with Crippen molar-refractivity contribution >= 4 is 17.9 Å². The summed E-state index contributed by atoms with van der Waals surface area (Å²) >= 11 is 0. The smallest absolute Gasteiger partial charge is 0.411 e. The number of aliphatic hydroxyl groups excluding tert-OH is 1. The summed E-state index contributed by atoms with van der Waals surface area (Å²) < 4.78 is 5.67.